The molecule has 1 nitrogen and oxygen atoms in total. The second-order valence-electron chi connectivity index (χ2n) is 5.25. The summed E-state index contributed by atoms with van der Waals surface area (Å²) in [6, 6.07) is 4.40. The SMILES string of the molecule is CCCCCCc1c(CO)c2ccsc2c2sccc12. The van der Waals surface area contributed by atoms with Crippen LogP contribution in [0, 0.1) is 0 Å². The van der Waals surface area contributed by atoms with Crippen LogP contribution in [0.1, 0.15) is 43.7 Å². The Kier molecular flexibility index (Phi) is 4.39. The molecule has 0 fully saturated rings. The van der Waals surface area contributed by atoms with Gasteiger partial charge in [0.25, 0.3) is 0 Å². The first-order valence-electron chi connectivity index (χ1n) is 7.35. The Bertz CT molecular complexity index is 708. The second kappa shape index (κ2) is 6.25. The average molecular weight is 304 g/mol. The third-order valence-electron chi connectivity index (χ3n) is 3.99. The zero-order chi connectivity index (χ0) is 13.9. The molecular formula is C17H20OS2. The molecule has 20 heavy (non-hydrogen) atoms. The molecule has 3 aromatic rings. The topological polar surface area (TPSA) is 20.2 Å². The quantitative estimate of drug-likeness (QED) is 0.576. The van der Waals surface area contributed by atoms with Gasteiger partial charge >= 0.3 is 0 Å². The highest BCUT2D eigenvalue weighted by atomic mass is 32.1. The molecule has 0 aliphatic heterocycles. The number of fused-ring (bicyclic) bond motifs is 3. The third kappa shape index (κ3) is 2.39. The van der Waals surface area contributed by atoms with Gasteiger partial charge in [-0.2, -0.15) is 0 Å². The zero-order valence-corrected chi connectivity index (χ0v) is 13.4. The van der Waals surface area contributed by atoms with Gasteiger partial charge in [-0.15, -0.1) is 22.7 Å². The standard InChI is InChI=1S/C17H20OS2/c1-2-3-4-5-6-12-13-7-9-19-16(13)17-14(8-10-20-17)15(12)11-18/h7-10,18H,2-6,11H2,1H3. The van der Waals surface area contributed by atoms with Crippen LogP contribution in [0.15, 0.2) is 22.9 Å². The summed E-state index contributed by atoms with van der Waals surface area (Å²) in [5, 5.41) is 16.8. The summed E-state index contributed by atoms with van der Waals surface area (Å²) in [6.45, 7) is 2.40. The fourth-order valence-electron chi connectivity index (χ4n) is 2.97. The van der Waals surface area contributed by atoms with Crippen molar-refractivity contribution in [1.29, 1.82) is 0 Å². The van der Waals surface area contributed by atoms with Crippen molar-refractivity contribution >= 4 is 42.8 Å². The summed E-state index contributed by atoms with van der Waals surface area (Å²) >= 11 is 3.62. The molecule has 0 unspecified atom stereocenters. The molecule has 0 amide bonds. The Morgan fingerprint density at radius 3 is 2.15 bits per heavy atom. The molecule has 0 atom stereocenters. The van der Waals surface area contributed by atoms with Crippen LogP contribution >= 0.6 is 22.7 Å². The van der Waals surface area contributed by atoms with E-state index in [4.69, 9.17) is 0 Å². The maximum absolute atomic E-state index is 9.84. The number of hydrogen-bond donors (Lipinski definition) is 1. The highest BCUT2D eigenvalue weighted by Gasteiger charge is 2.15. The van der Waals surface area contributed by atoms with E-state index in [2.05, 4.69) is 29.8 Å². The largest absolute Gasteiger partial charge is 0.392 e. The van der Waals surface area contributed by atoms with Crippen molar-refractivity contribution in [3.8, 4) is 0 Å². The molecule has 1 N–H and O–H groups in total. The van der Waals surface area contributed by atoms with Gasteiger partial charge in [0.05, 0.1) is 16.0 Å². The molecule has 0 saturated carbocycles. The third-order valence-corrected chi connectivity index (χ3v) is 5.98. The number of aliphatic hydroxyl groups excluding tert-OH is 1. The van der Waals surface area contributed by atoms with E-state index in [0.29, 0.717) is 0 Å². The lowest BCUT2D eigenvalue weighted by atomic mass is 9.95. The molecular weight excluding hydrogens is 284 g/mol. The van der Waals surface area contributed by atoms with Crippen LogP contribution in [0.4, 0.5) is 0 Å². The fraction of sp³-hybridized carbons (Fsp3) is 0.412. The normalized spacial score (nSPS) is 11.7. The van der Waals surface area contributed by atoms with Crippen LogP contribution in [0.25, 0.3) is 20.2 Å². The minimum Gasteiger partial charge on any atom is -0.392 e. The summed E-state index contributed by atoms with van der Waals surface area (Å²) < 4.78 is 2.74. The van der Waals surface area contributed by atoms with Crippen molar-refractivity contribution in [1.82, 2.24) is 0 Å². The predicted molar refractivity (Wildman–Crippen MR) is 91.0 cm³/mol. The van der Waals surface area contributed by atoms with Gasteiger partial charge in [-0.3, -0.25) is 0 Å². The summed E-state index contributed by atoms with van der Waals surface area (Å²) in [4.78, 5) is 0. The van der Waals surface area contributed by atoms with Crippen molar-refractivity contribution in [3.05, 3.63) is 34.0 Å². The van der Waals surface area contributed by atoms with Gasteiger partial charge in [0.15, 0.2) is 0 Å². The Morgan fingerprint density at radius 1 is 0.900 bits per heavy atom. The van der Waals surface area contributed by atoms with Crippen LogP contribution in [-0.4, -0.2) is 5.11 Å². The van der Waals surface area contributed by atoms with Crippen LogP contribution in [0.3, 0.4) is 0 Å². The number of aliphatic hydroxyl groups is 1. The number of thiophene rings is 2. The number of benzene rings is 1. The van der Waals surface area contributed by atoms with Gasteiger partial charge in [0.1, 0.15) is 0 Å². The number of hydrogen-bond acceptors (Lipinski definition) is 3. The summed E-state index contributed by atoms with van der Waals surface area (Å²) in [7, 11) is 0. The highest BCUT2D eigenvalue weighted by molar-refractivity contribution is 7.25. The average Bonchev–Trinajstić information content (AvgIpc) is 3.10. The van der Waals surface area contributed by atoms with E-state index in [1.165, 1.54) is 51.4 Å². The van der Waals surface area contributed by atoms with Gasteiger partial charge in [0.2, 0.25) is 0 Å². The zero-order valence-electron chi connectivity index (χ0n) is 11.8. The van der Waals surface area contributed by atoms with Crippen LogP contribution < -0.4 is 0 Å². The lowest BCUT2D eigenvalue weighted by molar-refractivity contribution is 0.282. The lowest BCUT2D eigenvalue weighted by Crippen LogP contribution is -1.96. The molecule has 0 bridgehead atoms. The molecule has 0 radical (unpaired) electrons. The summed E-state index contributed by atoms with van der Waals surface area (Å²) in [5.41, 5.74) is 2.54. The molecule has 2 aromatic heterocycles. The van der Waals surface area contributed by atoms with Gasteiger partial charge in [-0.25, -0.2) is 0 Å². The van der Waals surface area contributed by atoms with Crippen molar-refractivity contribution in [3.63, 3.8) is 0 Å². The first-order chi connectivity index (χ1) is 9.86. The highest BCUT2D eigenvalue weighted by Crippen LogP contribution is 2.39. The van der Waals surface area contributed by atoms with Crippen molar-refractivity contribution < 1.29 is 5.11 Å². The molecule has 1 aromatic carbocycles. The van der Waals surface area contributed by atoms with Crippen molar-refractivity contribution in [2.24, 2.45) is 0 Å². The fourth-order valence-corrected chi connectivity index (χ4v) is 5.00. The Morgan fingerprint density at radius 2 is 1.55 bits per heavy atom. The van der Waals surface area contributed by atoms with Crippen molar-refractivity contribution in [2.75, 3.05) is 0 Å². The van der Waals surface area contributed by atoms with E-state index in [1.807, 2.05) is 11.3 Å². The number of unbranched alkanes of at least 4 members (excludes halogenated alkanes) is 3. The van der Waals surface area contributed by atoms with Crippen LogP contribution in [0.2, 0.25) is 0 Å². The Balaban J connectivity index is 2.08. The van der Waals surface area contributed by atoms with E-state index in [0.717, 1.165) is 12.0 Å². The van der Waals surface area contributed by atoms with E-state index >= 15 is 0 Å². The minimum atomic E-state index is 0.155. The molecule has 3 rings (SSSR count). The number of rotatable bonds is 6. The van der Waals surface area contributed by atoms with Gasteiger partial charge in [0, 0.05) is 0 Å². The minimum absolute atomic E-state index is 0.155. The van der Waals surface area contributed by atoms with Crippen LogP contribution in [0.5, 0.6) is 0 Å². The smallest absolute Gasteiger partial charge is 0.0691 e. The van der Waals surface area contributed by atoms with Crippen LogP contribution in [-0.2, 0) is 13.0 Å². The Labute approximate surface area is 127 Å². The van der Waals surface area contributed by atoms with Gasteiger partial charge in [-0.05, 0) is 57.6 Å². The molecule has 106 valence electrons. The molecule has 0 saturated heterocycles. The monoisotopic (exact) mass is 304 g/mol. The second-order valence-corrected chi connectivity index (χ2v) is 7.08. The number of aryl methyl sites for hydroxylation is 1. The van der Waals surface area contributed by atoms with E-state index in [-0.39, 0.29) is 6.61 Å². The lowest BCUT2D eigenvalue weighted by Gasteiger charge is -2.11. The summed E-state index contributed by atoms with van der Waals surface area (Å²) in [6.07, 6.45) is 6.18. The van der Waals surface area contributed by atoms with E-state index in [9.17, 15) is 5.11 Å². The predicted octanol–water partition coefficient (Wildman–Crippen LogP) is 5.73. The molecule has 0 aliphatic carbocycles. The molecule has 0 spiro atoms. The Hall–Kier alpha value is -0.900. The van der Waals surface area contributed by atoms with Gasteiger partial charge in [-0.1, -0.05) is 26.2 Å². The first-order valence-corrected chi connectivity index (χ1v) is 9.11. The van der Waals surface area contributed by atoms with Gasteiger partial charge < -0.3 is 5.11 Å². The van der Waals surface area contributed by atoms with E-state index < -0.39 is 0 Å². The van der Waals surface area contributed by atoms with Crippen molar-refractivity contribution in [2.45, 2.75) is 45.6 Å². The summed E-state index contributed by atoms with van der Waals surface area (Å²) in [5.74, 6) is 0. The van der Waals surface area contributed by atoms with E-state index in [1.54, 1.807) is 11.3 Å². The maximum atomic E-state index is 9.84. The molecule has 2 heterocycles. The maximum Gasteiger partial charge on any atom is 0.0691 e. The first kappa shape index (κ1) is 14.1. The molecule has 3 heteroatoms. The molecule has 0 aliphatic rings.